The third kappa shape index (κ3) is 5.69. The maximum absolute atomic E-state index is 10.6. The average molecular weight is 426 g/mol. The van der Waals surface area contributed by atoms with Crippen LogP contribution >= 0.6 is 15.9 Å². The Morgan fingerprint density at radius 3 is 2.37 bits per heavy atom. The first kappa shape index (κ1) is 18.7. The molecule has 0 fully saturated rings. The summed E-state index contributed by atoms with van der Waals surface area (Å²) in [6.45, 7) is -0.385. The third-order valence-electron chi connectivity index (χ3n) is 3.49. The van der Waals surface area contributed by atoms with Crippen molar-refractivity contribution in [2.75, 3.05) is 6.61 Å². The number of aliphatic imine (C=N–C) groups is 1. The molecule has 3 aromatic rings. The van der Waals surface area contributed by atoms with Crippen LogP contribution < -0.4 is 9.47 Å². The first-order valence-corrected chi connectivity index (χ1v) is 8.90. The second-order valence-corrected chi connectivity index (χ2v) is 6.39. The van der Waals surface area contributed by atoms with Crippen molar-refractivity contribution in [3.63, 3.8) is 0 Å². The Bertz CT molecular complexity index is 940. The van der Waals surface area contributed by atoms with Gasteiger partial charge in [0.1, 0.15) is 17.2 Å². The maximum Gasteiger partial charge on any atom is 0.341 e. The van der Waals surface area contributed by atoms with Crippen molar-refractivity contribution in [1.82, 2.24) is 0 Å². The van der Waals surface area contributed by atoms with E-state index in [1.54, 1.807) is 18.3 Å². The normalized spacial score (nSPS) is 10.7. The van der Waals surface area contributed by atoms with Gasteiger partial charge < -0.3 is 14.6 Å². The van der Waals surface area contributed by atoms with Crippen molar-refractivity contribution in [2.24, 2.45) is 4.99 Å². The Morgan fingerprint density at radius 1 is 1.00 bits per heavy atom. The number of carboxylic acid groups (broad SMARTS) is 1. The van der Waals surface area contributed by atoms with Crippen molar-refractivity contribution in [3.8, 4) is 17.2 Å². The number of ether oxygens (including phenoxy) is 2. The number of nitrogens with zero attached hydrogens (tertiary/aromatic N) is 1. The van der Waals surface area contributed by atoms with Gasteiger partial charge >= 0.3 is 5.97 Å². The van der Waals surface area contributed by atoms with Crippen molar-refractivity contribution in [2.45, 2.75) is 0 Å². The Kier molecular flexibility index (Phi) is 6.22. The van der Waals surface area contributed by atoms with Gasteiger partial charge in [-0.25, -0.2) is 4.79 Å². The molecule has 1 N–H and O–H groups in total. The van der Waals surface area contributed by atoms with Gasteiger partial charge in [0.05, 0.1) is 10.2 Å². The summed E-state index contributed by atoms with van der Waals surface area (Å²) in [5.74, 6) is 0.968. The summed E-state index contributed by atoms with van der Waals surface area (Å²) in [5.41, 5.74) is 1.65. The fourth-order valence-electron chi connectivity index (χ4n) is 2.23. The number of hydrogen-bond acceptors (Lipinski definition) is 4. The zero-order valence-corrected chi connectivity index (χ0v) is 15.8. The van der Waals surface area contributed by atoms with E-state index in [0.29, 0.717) is 10.2 Å². The van der Waals surface area contributed by atoms with E-state index in [1.807, 2.05) is 60.7 Å². The van der Waals surface area contributed by atoms with Gasteiger partial charge in [0.15, 0.2) is 6.61 Å². The molecule has 0 aliphatic heterocycles. The minimum Gasteiger partial charge on any atom is -0.481 e. The monoisotopic (exact) mass is 425 g/mol. The molecule has 0 unspecified atom stereocenters. The lowest BCUT2D eigenvalue weighted by Crippen LogP contribution is -2.09. The van der Waals surface area contributed by atoms with Crippen molar-refractivity contribution < 1.29 is 19.4 Å². The number of halogens is 1. The zero-order valence-electron chi connectivity index (χ0n) is 14.2. The summed E-state index contributed by atoms with van der Waals surface area (Å²) in [6.07, 6.45) is 1.72. The molecule has 3 aromatic carbocycles. The minimum atomic E-state index is -1.02. The number of rotatable bonds is 7. The summed E-state index contributed by atoms with van der Waals surface area (Å²) in [4.78, 5) is 15.0. The summed E-state index contributed by atoms with van der Waals surface area (Å²) in [7, 11) is 0. The van der Waals surface area contributed by atoms with Crippen LogP contribution in [0, 0.1) is 0 Å². The van der Waals surface area contributed by atoms with Crippen LogP contribution in [0.5, 0.6) is 17.2 Å². The molecule has 0 spiro atoms. The highest BCUT2D eigenvalue weighted by atomic mass is 79.9. The van der Waals surface area contributed by atoms with E-state index in [9.17, 15) is 4.79 Å². The lowest BCUT2D eigenvalue weighted by atomic mass is 10.2. The van der Waals surface area contributed by atoms with Crippen molar-refractivity contribution in [1.29, 1.82) is 0 Å². The first-order chi connectivity index (χ1) is 13.1. The molecule has 0 amide bonds. The number of carbonyl (C=O) groups is 1. The Hall–Kier alpha value is -3.12. The lowest BCUT2D eigenvalue weighted by molar-refractivity contribution is -0.139. The van der Waals surface area contributed by atoms with E-state index in [2.05, 4.69) is 20.9 Å². The van der Waals surface area contributed by atoms with Crippen LogP contribution in [0.1, 0.15) is 5.56 Å². The number of para-hydroxylation sites is 1. The Balaban J connectivity index is 1.63. The molecular weight excluding hydrogens is 410 g/mol. The largest absolute Gasteiger partial charge is 0.481 e. The van der Waals surface area contributed by atoms with E-state index in [4.69, 9.17) is 14.6 Å². The molecular formula is C21H16BrNO4. The fraction of sp³-hybridized carbons (Fsp3) is 0.0476. The molecule has 5 nitrogen and oxygen atoms in total. The molecule has 0 aliphatic rings. The quantitative estimate of drug-likeness (QED) is 0.510. The predicted octanol–water partition coefficient (Wildman–Crippen LogP) is 5.46. The summed E-state index contributed by atoms with van der Waals surface area (Å²) in [5, 5.41) is 8.66. The standard InChI is InChI=1S/C21H16BrNO4/c22-19-12-15(6-11-20(19)26-14-21(24)25)13-23-16-7-9-18(10-8-16)27-17-4-2-1-3-5-17/h1-13H,14H2,(H,24,25). The van der Waals surface area contributed by atoms with E-state index < -0.39 is 5.97 Å². The molecule has 27 heavy (non-hydrogen) atoms. The molecule has 0 saturated heterocycles. The van der Waals surface area contributed by atoms with Crippen molar-refractivity contribution >= 4 is 33.8 Å². The fourth-order valence-corrected chi connectivity index (χ4v) is 2.74. The smallest absolute Gasteiger partial charge is 0.341 e. The van der Waals surface area contributed by atoms with Crippen LogP contribution in [-0.2, 0) is 4.79 Å². The van der Waals surface area contributed by atoms with E-state index in [-0.39, 0.29) is 6.61 Å². The summed E-state index contributed by atoms with van der Waals surface area (Å²) < 4.78 is 11.6. The molecule has 0 heterocycles. The highest BCUT2D eigenvalue weighted by molar-refractivity contribution is 9.10. The summed E-state index contributed by atoms with van der Waals surface area (Å²) in [6, 6.07) is 22.3. The van der Waals surface area contributed by atoms with E-state index in [0.717, 1.165) is 22.7 Å². The number of aliphatic carboxylic acids is 1. The van der Waals surface area contributed by atoms with E-state index >= 15 is 0 Å². The topological polar surface area (TPSA) is 68.1 Å². The van der Waals surface area contributed by atoms with Crippen LogP contribution in [0.25, 0.3) is 0 Å². The van der Waals surface area contributed by atoms with Gasteiger partial charge in [0.2, 0.25) is 0 Å². The Morgan fingerprint density at radius 2 is 1.70 bits per heavy atom. The minimum absolute atomic E-state index is 0.385. The van der Waals surface area contributed by atoms with Gasteiger partial charge in [-0.2, -0.15) is 0 Å². The predicted molar refractivity (Wildman–Crippen MR) is 107 cm³/mol. The lowest BCUT2D eigenvalue weighted by Gasteiger charge is -2.06. The summed E-state index contributed by atoms with van der Waals surface area (Å²) >= 11 is 3.37. The molecule has 0 atom stereocenters. The molecule has 0 bridgehead atoms. The van der Waals surface area contributed by atoms with Crippen LogP contribution in [0.3, 0.4) is 0 Å². The van der Waals surface area contributed by atoms with Crippen LogP contribution in [0.15, 0.2) is 82.3 Å². The number of benzene rings is 3. The van der Waals surface area contributed by atoms with Gasteiger partial charge in [-0.15, -0.1) is 0 Å². The molecule has 136 valence electrons. The third-order valence-corrected chi connectivity index (χ3v) is 4.11. The SMILES string of the molecule is O=C(O)COc1ccc(C=Nc2ccc(Oc3ccccc3)cc2)cc1Br. The molecule has 6 heteroatoms. The van der Waals surface area contributed by atoms with Crippen LogP contribution in [0.2, 0.25) is 0 Å². The Labute approximate surface area is 165 Å². The molecule has 0 aromatic heterocycles. The van der Waals surface area contributed by atoms with Gasteiger partial charge in [-0.1, -0.05) is 18.2 Å². The second kappa shape index (κ2) is 9.00. The molecule has 3 rings (SSSR count). The zero-order chi connectivity index (χ0) is 19.1. The van der Waals surface area contributed by atoms with Crippen LogP contribution in [-0.4, -0.2) is 23.9 Å². The van der Waals surface area contributed by atoms with E-state index in [1.165, 1.54) is 0 Å². The van der Waals surface area contributed by atoms with Crippen LogP contribution in [0.4, 0.5) is 5.69 Å². The molecule has 0 saturated carbocycles. The van der Waals surface area contributed by atoms with Gasteiger partial charge in [0.25, 0.3) is 0 Å². The maximum atomic E-state index is 10.6. The average Bonchev–Trinajstić information content (AvgIpc) is 2.67. The van der Waals surface area contributed by atoms with Gasteiger partial charge in [-0.05, 0) is 76.1 Å². The van der Waals surface area contributed by atoms with Gasteiger partial charge in [0, 0.05) is 6.21 Å². The van der Waals surface area contributed by atoms with Gasteiger partial charge in [-0.3, -0.25) is 4.99 Å². The highest BCUT2D eigenvalue weighted by Gasteiger charge is 2.04. The van der Waals surface area contributed by atoms with Crippen molar-refractivity contribution in [3.05, 3.63) is 82.8 Å². The molecule has 0 radical (unpaired) electrons. The highest BCUT2D eigenvalue weighted by Crippen LogP contribution is 2.26. The second-order valence-electron chi connectivity index (χ2n) is 5.54. The number of carboxylic acids is 1. The molecule has 0 aliphatic carbocycles. The number of hydrogen-bond donors (Lipinski definition) is 1. The first-order valence-electron chi connectivity index (χ1n) is 8.11.